The first-order chi connectivity index (χ1) is 12.9. The van der Waals surface area contributed by atoms with Gasteiger partial charge in [0.05, 0.1) is 31.1 Å². The first kappa shape index (κ1) is 15.3. The highest BCUT2D eigenvalue weighted by molar-refractivity contribution is 5.61. The molecule has 0 atom stereocenters. The van der Waals surface area contributed by atoms with Crippen LogP contribution in [0.15, 0.2) is 43.0 Å². The second-order valence-corrected chi connectivity index (χ2v) is 6.34. The molecule has 4 heterocycles. The van der Waals surface area contributed by atoms with E-state index in [0.29, 0.717) is 0 Å². The Morgan fingerprint density at radius 3 is 2.65 bits per heavy atom. The largest absolute Gasteiger partial charge is 0.493 e. The number of nitrogens with zero attached hydrogens (tertiary/aromatic N) is 5. The van der Waals surface area contributed by atoms with Crippen molar-refractivity contribution in [3.8, 4) is 22.8 Å². The lowest BCUT2D eigenvalue weighted by molar-refractivity contribution is 0.122. The van der Waals surface area contributed by atoms with Gasteiger partial charge in [0.25, 0.3) is 0 Å². The Morgan fingerprint density at radius 1 is 0.962 bits per heavy atom. The van der Waals surface area contributed by atoms with Crippen molar-refractivity contribution in [3.05, 3.63) is 48.5 Å². The number of benzene rings is 1. The summed E-state index contributed by atoms with van der Waals surface area (Å²) in [6.45, 7) is 3.81. The van der Waals surface area contributed by atoms with Crippen LogP contribution in [0.2, 0.25) is 0 Å². The molecule has 3 aromatic rings. The Kier molecular flexibility index (Phi) is 3.79. The molecule has 5 rings (SSSR count). The molecule has 1 saturated heterocycles. The standard InChI is InChI=1S/C19H19N5O2/c1-2-16(15-4-9-26-17(15)3-1)24-6-5-20-18(24)14-12-21-19(22-13-14)23-7-10-25-11-8-23/h1-3,5-6,12-13H,4,7-11H2. The third-order valence-corrected chi connectivity index (χ3v) is 4.81. The highest BCUT2D eigenvalue weighted by Crippen LogP contribution is 2.32. The summed E-state index contributed by atoms with van der Waals surface area (Å²) in [6.07, 6.45) is 8.38. The molecule has 0 amide bonds. The Morgan fingerprint density at radius 2 is 1.81 bits per heavy atom. The minimum Gasteiger partial charge on any atom is -0.493 e. The van der Waals surface area contributed by atoms with Gasteiger partial charge in [-0.25, -0.2) is 15.0 Å². The van der Waals surface area contributed by atoms with Gasteiger partial charge in [0.15, 0.2) is 0 Å². The second kappa shape index (κ2) is 6.42. The number of fused-ring (bicyclic) bond motifs is 1. The van der Waals surface area contributed by atoms with Crippen molar-refractivity contribution >= 4 is 5.95 Å². The van der Waals surface area contributed by atoms with Crippen LogP contribution in [0.3, 0.4) is 0 Å². The molecule has 0 unspecified atom stereocenters. The first-order valence-corrected chi connectivity index (χ1v) is 8.84. The van der Waals surface area contributed by atoms with E-state index in [4.69, 9.17) is 9.47 Å². The summed E-state index contributed by atoms with van der Waals surface area (Å²) in [5.41, 5.74) is 3.21. The molecule has 7 nitrogen and oxygen atoms in total. The molecule has 1 fully saturated rings. The van der Waals surface area contributed by atoms with Crippen molar-refractivity contribution in [2.24, 2.45) is 0 Å². The van der Waals surface area contributed by atoms with Crippen LogP contribution in [0.25, 0.3) is 17.1 Å². The number of anilines is 1. The minimum atomic E-state index is 0.719. The molecule has 0 spiro atoms. The Bertz CT molecular complexity index is 916. The van der Waals surface area contributed by atoms with Crippen LogP contribution in [0.1, 0.15) is 5.56 Å². The van der Waals surface area contributed by atoms with Gasteiger partial charge in [0, 0.05) is 49.9 Å². The van der Waals surface area contributed by atoms with Gasteiger partial charge >= 0.3 is 0 Å². The smallest absolute Gasteiger partial charge is 0.225 e. The molecule has 0 saturated carbocycles. The third-order valence-electron chi connectivity index (χ3n) is 4.81. The maximum Gasteiger partial charge on any atom is 0.225 e. The molecule has 1 aromatic carbocycles. The molecular formula is C19H19N5O2. The zero-order chi connectivity index (χ0) is 17.3. The zero-order valence-corrected chi connectivity index (χ0v) is 14.3. The highest BCUT2D eigenvalue weighted by Gasteiger charge is 2.19. The number of imidazole rings is 1. The number of hydrogen-bond donors (Lipinski definition) is 0. The number of ether oxygens (including phenoxy) is 2. The number of rotatable bonds is 3. The maximum absolute atomic E-state index is 5.69. The summed E-state index contributed by atoms with van der Waals surface area (Å²) in [4.78, 5) is 15.8. The van der Waals surface area contributed by atoms with E-state index >= 15 is 0 Å². The third kappa shape index (κ3) is 2.61. The second-order valence-electron chi connectivity index (χ2n) is 6.34. The molecule has 0 bridgehead atoms. The number of hydrogen-bond acceptors (Lipinski definition) is 6. The van der Waals surface area contributed by atoms with Crippen LogP contribution < -0.4 is 9.64 Å². The topological polar surface area (TPSA) is 65.3 Å². The fourth-order valence-corrected chi connectivity index (χ4v) is 3.50. The minimum absolute atomic E-state index is 0.719. The van der Waals surface area contributed by atoms with E-state index in [-0.39, 0.29) is 0 Å². The van der Waals surface area contributed by atoms with Crippen molar-refractivity contribution in [2.75, 3.05) is 37.8 Å². The average Bonchev–Trinajstić information content (AvgIpc) is 3.38. The van der Waals surface area contributed by atoms with Crippen molar-refractivity contribution in [1.82, 2.24) is 19.5 Å². The summed E-state index contributed by atoms with van der Waals surface area (Å²) in [6, 6.07) is 6.13. The maximum atomic E-state index is 5.69. The van der Waals surface area contributed by atoms with Crippen LogP contribution in [0.4, 0.5) is 5.95 Å². The van der Waals surface area contributed by atoms with Crippen LogP contribution in [0, 0.1) is 0 Å². The molecule has 7 heteroatoms. The molecule has 26 heavy (non-hydrogen) atoms. The van der Waals surface area contributed by atoms with E-state index in [0.717, 1.165) is 68.1 Å². The molecule has 0 aliphatic carbocycles. The van der Waals surface area contributed by atoms with E-state index in [9.17, 15) is 0 Å². The fraction of sp³-hybridized carbons (Fsp3) is 0.316. The van der Waals surface area contributed by atoms with Gasteiger partial charge in [-0.15, -0.1) is 0 Å². The normalized spacial score (nSPS) is 16.4. The summed E-state index contributed by atoms with van der Waals surface area (Å²) in [5.74, 6) is 2.53. The van der Waals surface area contributed by atoms with E-state index < -0.39 is 0 Å². The Hall–Kier alpha value is -2.93. The number of morpholine rings is 1. The van der Waals surface area contributed by atoms with Gasteiger partial charge in [-0.05, 0) is 12.1 Å². The summed E-state index contributed by atoms with van der Waals surface area (Å²) < 4.78 is 13.2. The van der Waals surface area contributed by atoms with Gasteiger partial charge in [-0.1, -0.05) is 6.07 Å². The lowest BCUT2D eigenvalue weighted by Crippen LogP contribution is -2.37. The predicted molar refractivity (Wildman–Crippen MR) is 96.8 cm³/mol. The molecule has 132 valence electrons. The summed E-state index contributed by atoms with van der Waals surface area (Å²) >= 11 is 0. The SMILES string of the molecule is c1cc2c(c(-n3ccnc3-c3cnc(N4CCOCC4)nc3)c1)CCO2. The van der Waals surface area contributed by atoms with Gasteiger partial charge in [0.1, 0.15) is 11.6 Å². The highest BCUT2D eigenvalue weighted by atomic mass is 16.5. The average molecular weight is 349 g/mol. The summed E-state index contributed by atoms with van der Waals surface area (Å²) in [5, 5.41) is 0. The van der Waals surface area contributed by atoms with Gasteiger partial charge < -0.3 is 14.4 Å². The van der Waals surface area contributed by atoms with Crippen LogP contribution in [-0.4, -0.2) is 52.4 Å². The first-order valence-electron chi connectivity index (χ1n) is 8.84. The monoisotopic (exact) mass is 349 g/mol. The zero-order valence-electron chi connectivity index (χ0n) is 14.3. The van der Waals surface area contributed by atoms with Crippen LogP contribution in [-0.2, 0) is 11.2 Å². The lowest BCUT2D eigenvalue weighted by Gasteiger charge is -2.26. The van der Waals surface area contributed by atoms with Gasteiger partial charge in [0.2, 0.25) is 5.95 Å². The van der Waals surface area contributed by atoms with Crippen molar-refractivity contribution < 1.29 is 9.47 Å². The number of aromatic nitrogens is 4. The van der Waals surface area contributed by atoms with Gasteiger partial charge in [-0.2, -0.15) is 0 Å². The van der Waals surface area contributed by atoms with Crippen molar-refractivity contribution in [2.45, 2.75) is 6.42 Å². The van der Waals surface area contributed by atoms with E-state index in [1.807, 2.05) is 30.7 Å². The predicted octanol–water partition coefficient (Wildman–Crippen LogP) is 2.10. The van der Waals surface area contributed by atoms with E-state index in [2.05, 4.69) is 30.5 Å². The molecular weight excluding hydrogens is 330 g/mol. The molecule has 0 N–H and O–H groups in total. The van der Waals surface area contributed by atoms with Crippen molar-refractivity contribution in [3.63, 3.8) is 0 Å². The lowest BCUT2D eigenvalue weighted by atomic mass is 10.1. The molecule has 2 aromatic heterocycles. The summed E-state index contributed by atoms with van der Waals surface area (Å²) in [7, 11) is 0. The van der Waals surface area contributed by atoms with E-state index in [1.165, 1.54) is 5.56 Å². The van der Waals surface area contributed by atoms with Crippen molar-refractivity contribution in [1.29, 1.82) is 0 Å². The Balaban J connectivity index is 1.49. The molecule has 0 radical (unpaired) electrons. The molecule has 2 aliphatic rings. The van der Waals surface area contributed by atoms with Crippen LogP contribution >= 0.6 is 0 Å². The fourth-order valence-electron chi connectivity index (χ4n) is 3.50. The quantitative estimate of drug-likeness (QED) is 0.721. The molecule has 2 aliphatic heterocycles. The van der Waals surface area contributed by atoms with E-state index in [1.54, 1.807) is 6.20 Å². The van der Waals surface area contributed by atoms with Crippen LogP contribution in [0.5, 0.6) is 5.75 Å². The van der Waals surface area contributed by atoms with Gasteiger partial charge in [-0.3, -0.25) is 4.57 Å². The Labute approximate surface area is 151 Å².